The number of hydrogen-bond acceptors (Lipinski definition) is 5. The van der Waals surface area contributed by atoms with E-state index in [9.17, 15) is 19.8 Å². The fourth-order valence-corrected chi connectivity index (χ4v) is 8.85. The largest absolute Gasteiger partial charge is 0.466 e. The number of aliphatic hydroxyl groups excluding tert-OH is 2. The fourth-order valence-electron chi connectivity index (χ4n) is 8.85. The molecule has 0 aromatic heterocycles. The summed E-state index contributed by atoms with van der Waals surface area (Å²) in [5.41, 5.74) is 0. The summed E-state index contributed by atoms with van der Waals surface area (Å²) in [6.07, 6.45) is 64.4. The van der Waals surface area contributed by atoms with Gasteiger partial charge in [0.05, 0.1) is 25.4 Å². The summed E-state index contributed by atoms with van der Waals surface area (Å²) in [4.78, 5) is 24.6. The van der Waals surface area contributed by atoms with Crippen molar-refractivity contribution in [1.82, 2.24) is 5.32 Å². The van der Waals surface area contributed by atoms with Crippen molar-refractivity contribution in [1.29, 1.82) is 0 Å². The Morgan fingerprint density at radius 2 is 0.781 bits per heavy atom. The predicted molar refractivity (Wildman–Crippen MR) is 278 cm³/mol. The van der Waals surface area contributed by atoms with Gasteiger partial charge in [-0.3, -0.25) is 9.59 Å². The second-order valence-electron chi connectivity index (χ2n) is 19.6. The van der Waals surface area contributed by atoms with Crippen LogP contribution in [0.3, 0.4) is 0 Å². The average molecular weight is 903 g/mol. The second kappa shape index (κ2) is 54.0. The molecular formula is C58H111NO5. The lowest BCUT2D eigenvalue weighted by Crippen LogP contribution is -2.45. The number of carbonyl (C=O) groups excluding carboxylic acids is 2. The number of rotatable bonds is 53. The highest BCUT2D eigenvalue weighted by atomic mass is 16.5. The summed E-state index contributed by atoms with van der Waals surface area (Å²) >= 11 is 0. The smallest absolute Gasteiger partial charge is 0.305 e. The molecule has 0 spiro atoms. The summed E-state index contributed by atoms with van der Waals surface area (Å²) in [6.45, 7) is 4.91. The van der Waals surface area contributed by atoms with E-state index in [1.807, 2.05) is 0 Å². The van der Waals surface area contributed by atoms with Crippen LogP contribution >= 0.6 is 0 Å². The molecule has 0 saturated heterocycles. The monoisotopic (exact) mass is 902 g/mol. The Bertz CT molecular complexity index is 997. The minimum atomic E-state index is -0.673. The molecule has 0 aliphatic carbocycles. The molecule has 2 atom stereocenters. The van der Waals surface area contributed by atoms with E-state index < -0.39 is 12.1 Å². The summed E-state index contributed by atoms with van der Waals surface area (Å²) in [5.74, 6) is -0.0554. The molecule has 0 rings (SSSR count). The number of allylic oxidation sites excluding steroid dienone is 4. The van der Waals surface area contributed by atoms with E-state index in [1.54, 1.807) is 0 Å². The Morgan fingerprint density at radius 1 is 0.438 bits per heavy atom. The molecule has 0 bridgehead atoms. The fraction of sp³-hybridized carbons (Fsp3) is 0.897. The van der Waals surface area contributed by atoms with Crippen molar-refractivity contribution in [2.45, 2.75) is 321 Å². The SMILES string of the molecule is CCCCC/C=C\C/C=C\CCCCCCCCCCCC(=O)OCCCCCCCCCCCCCCCC(=O)NC(CO)C(O)CCCCCCCCCCCCCCCCC. The van der Waals surface area contributed by atoms with Gasteiger partial charge in [-0.25, -0.2) is 0 Å². The molecule has 0 fully saturated rings. The van der Waals surface area contributed by atoms with Crippen LogP contribution in [0, 0.1) is 0 Å². The summed E-state index contributed by atoms with van der Waals surface area (Å²) < 4.78 is 5.48. The summed E-state index contributed by atoms with van der Waals surface area (Å²) in [5, 5.41) is 23.3. The molecule has 6 heteroatoms. The quantitative estimate of drug-likeness (QED) is 0.0321. The van der Waals surface area contributed by atoms with Crippen LogP contribution in [0.2, 0.25) is 0 Å². The number of esters is 1. The number of nitrogens with one attached hydrogen (secondary N) is 1. The zero-order valence-electron chi connectivity index (χ0n) is 43.0. The van der Waals surface area contributed by atoms with Crippen molar-refractivity contribution in [3.8, 4) is 0 Å². The molecule has 0 aromatic carbocycles. The molecular weight excluding hydrogens is 791 g/mol. The Labute approximate surface area is 399 Å². The first-order valence-corrected chi connectivity index (χ1v) is 28.6. The van der Waals surface area contributed by atoms with Crippen molar-refractivity contribution in [3.05, 3.63) is 24.3 Å². The molecule has 378 valence electrons. The van der Waals surface area contributed by atoms with Crippen LogP contribution in [0.1, 0.15) is 309 Å². The first-order chi connectivity index (χ1) is 31.5. The van der Waals surface area contributed by atoms with Gasteiger partial charge in [0.1, 0.15) is 0 Å². The lowest BCUT2D eigenvalue weighted by atomic mass is 10.0. The highest BCUT2D eigenvalue weighted by molar-refractivity contribution is 5.76. The second-order valence-corrected chi connectivity index (χ2v) is 19.6. The van der Waals surface area contributed by atoms with E-state index >= 15 is 0 Å². The average Bonchev–Trinajstić information content (AvgIpc) is 3.29. The van der Waals surface area contributed by atoms with E-state index in [1.165, 1.54) is 218 Å². The number of ether oxygens (including phenoxy) is 1. The van der Waals surface area contributed by atoms with Gasteiger partial charge in [0.25, 0.3) is 0 Å². The third kappa shape index (κ3) is 49.8. The van der Waals surface area contributed by atoms with Gasteiger partial charge in [0.15, 0.2) is 0 Å². The third-order valence-corrected chi connectivity index (χ3v) is 13.3. The third-order valence-electron chi connectivity index (χ3n) is 13.3. The molecule has 1 amide bonds. The maximum Gasteiger partial charge on any atom is 0.305 e. The van der Waals surface area contributed by atoms with Crippen LogP contribution in [0.15, 0.2) is 24.3 Å². The van der Waals surface area contributed by atoms with Crippen LogP contribution < -0.4 is 5.32 Å². The lowest BCUT2D eigenvalue weighted by molar-refractivity contribution is -0.143. The van der Waals surface area contributed by atoms with Crippen LogP contribution in [0.25, 0.3) is 0 Å². The zero-order chi connectivity index (χ0) is 46.5. The molecule has 0 aliphatic heterocycles. The van der Waals surface area contributed by atoms with Crippen molar-refractivity contribution in [3.63, 3.8) is 0 Å². The molecule has 64 heavy (non-hydrogen) atoms. The molecule has 0 heterocycles. The predicted octanol–water partition coefficient (Wildman–Crippen LogP) is 17.5. The molecule has 2 unspecified atom stereocenters. The number of unbranched alkanes of at least 4 members (excludes halogenated alkanes) is 38. The van der Waals surface area contributed by atoms with E-state index in [2.05, 4.69) is 43.5 Å². The van der Waals surface area contributed by atoms with Gasteiger partial charge in [-0.15, -0.1) is 0 Å². The van der Waals surface area contributed by atoms with Crippen molar-refractivity contribution in [2.24, 2.45) is 0 Å². The Kier molecular flexibility index (Phi) is 52.6. The highest BCUT2D eigenvalue weighted by Crippen LogP contribution is 2.17. The van der Waals surface area contributed by atoms with Gasteiger partial charge in [-0.1, -0.05) is 263 Å². The Hall–Kier alpha value is -1.66. The van der Waals surface area contributed by atoms with Crippen LogP contribution in [0.4, 0.5) is 0 Å². The maximum absolute atomic E-state index is 12.5. The maximum atomic E-state index is 12.5. The number of carbonyl (C=O) groups is 2. The minimum Gasteiger partial charge on any atom is -0.466 e. The van der Waals surface area contributed by atoms with Crippen LogP contribution in [0.5, 0.6) is 0 Å². The Morgan fingerprint density at radius 3 is 1.22 bits per heavy atom. The molecule has 0 saturated carbocycles. The normalized spacial score (nSPS) is 12.8. The molecule has 0 aromatic rings. The van der Waals surface area contributed by atoms with Crippen LogP contribution in [-0.4, -0.2) is 47.4 Å². The number of amides is 1. The van der Waals surface area contributed by atoms with Crippen molar-refractivity contribution in [2.75, 3.05) is 13.2 Å². The first kappa shape index (κ1) is 62.3. The van der Waals surface area contributed by atoms with Crippen molar-refractivity contribution >= 4 is 11.9 Å². The van der Waals surface area contributed by atoms with E-state index in [-0.39, 0.29) is 18.5 Å². The molecule has 3 N–H and O–H groups in total. The summed E-state index contributed by atoms with van der Waals surface area (Å²) in [7, 11) is 0. The van der Waals surface area contributed by atoms with E-state index in [0.717, 1.165) is 57.8 Å². The standard InChI is InChI=1S/C58H111NO5/c1-3-5-7-9-11-13-15-17-19-20-21-22-24-28-32-36-40-44-48-52-58(63)64-53-49-45-41-37-33-29-25-27-31-35-39-43-47-51-57(62)59-55(54-60)56(61)50-46-42-38-34-30-26-23-18-16-14-12-10-8-6-4-2/h11,13,17,19,55-56,60-61H,3-10,12,14-16,18,20-54H2,1-2H3,(H,59,62)/b13-11-,19-17-. The molecule has 0 radical (unpaired) electrons. The summed E-state index contributed by atoms with van der Waals surface area (Å²) in [6, 6.07) is -0.551. The van der Waals surface area contributed by atoms with Crippen LogP contribution in [-0.2, 0) is 14.3 Å². The lowest BCUT2D eigenvalue weighted by Gasteiger charge is -2.22. The van der Waals surface area contributed by atoms with Gasteiger partial charge in [0.2, 0.25) is 5.91 Å². The Balaban J connectivity index is 3.43. The van der Waals surface area contributed by atoms with E-state index in [0.29, 0.717) is 25.9 Å². The van der Waals surface area contributed by atoms with Crippen molar-refractivity contribution < 1.29 is 24.5 Å². The first-order valence-electron chi connectivity index (χ1n) is 28.6. The van der Waals surface area contributed by atoms with Gasteiger partial charge < -0.3 is 20.3 Å². The minimum absolute atomic E-state index is 0.00879. The van der Waals surface area contributed by atoms with Gasteiger partial charge in [-0.2, -0.15) is 0 Å². The highest BCUT2D eigenvalue weighted by Gasteiger charge is 2.20. The number of aliphatic hydroxyl groups is 2. The van der Waals surface area contributed by atoms with Gasteiger partial charge in [-0.05, 0) is 57.8 Å². The molecule has 0 aliphatic rings. The van der Waals surface area contributed by atoms with Gasteiger partial charge >= 0.3 is 5.97 Å². The van der Waals surface area contributed by atoms with Gasteiger partial charge in [0, 0.05) is 12.8 Å². The topological polar surface area (TPSA) is 95.9 Å². The van der Waals surface area contributed by atoms with E-state index in [4.69, 9.17) is 4.74 Å². The number of hydrogen-bond donors (Lipinski definition) is 3. The molecule has 6 nitrogen and oxygen atoms in total. The zero-order valence-corrected chi connectivity index (χ0v) is 43.0.